The van der Waals surface area contributed by atoms with Gasteiger partial charge in [0.1, 0.15) is 11.9 Å². The Bertz CT molecular complexity index is 1150. The second kappa shape index (κ2) is 12.3. The molecule has 0 aromatic heterocycles. The summed E-state index contributed by atoms with van der Waals surface area (Å²) in [6, 6.07) is 16.5. The van der Waals surface area contributed by atoms with E-state index in [4.69, 9.17) is 21.7 Å². The Hall–Kier alpha value is -2.22. The van der Waals surface area contributed by atoms with Crippen molar-refractivity contribution in [2.24, 2.45) is 5.92 Å². The Morgan fingerprint density at radius 3 is 2.42 bits per heavy atom. The van der Waals surface area contributed by atoms with E-state index in [9.17, 15) is 8.42 Å². The summed E-state index contributed by atoms with van der Waals surface area (Å²) in [6.45, 7) is 4.51. The van der Waals surface area contributed by atoms with E-state index in [0.29, 0.717) is 17.2 Å². The Labute approximate surface area is 221 Å². The number of nitrogens with zero attached hydrogens (tertiary/aromatic N) is 1. The van der Waals surface area contributed by atoms with Crippen LogP contribution in [-0.2, 0) is 14.8 Å². The molecular formula is C29H37NO4S2. The van der Waals surface area contributed by atoms with Crippen LogP contribution < -0.4 is 4.74 Å². The third-order valence-electron chi connectivity index (χ3n) is 7.20. The fourth-order valence-electron chi connectivity index (χ4n) is 5.30. The van der Waals surface area contributed by atoms with Crippen molar-refractivity contribution in [2.75, 3.05) is 6.54 Å². The number of ether oxygens (including phenoxy) is 2. The van der Waals surface area contributed by atoms with E-state index < -0.39 is 10.0 Å². The fourth-order valence-corrected chi connectivity index (χ4v) is 7.11. The van der Waals surface area contributed by atoms with E-state index in [1.54, 1.807) is 16.4 Å². The zero-order valence-corrected chi connectivity index (χ0v) is 22.9. The maximum Gasteiger partial charge on any atom is 0.358 e. The van der Waals surface area contributed by atoms with Crippen LogP contribution in [-0.4, -0.2) is 36.7 Å². The van der Waals surface area contributed by atoms with Gasteiger partial charge in [-0.1, -0.05) is 86.6 Å². The topological polar surface area (TPSA) is 55.8 Å². The number of rotatable bonds is 7. The lowest BCUT2D eigenvalue weighted by Crippen LogP contribution is -2.37. The van der Waals surface area contributed by atoms with Crippen LogP contribution in [0.5, 0.6) is 5.75 Å². The average molecular weight is 528 g/mol. The standard InChI is InChI=1S/C29H37NO4S2/c1-3-11-28(34-29(35)33-25-13-8-6-9-14-25)27-15-10-5-4-7-12-24-20-23(27)21-30(24)36(31,32)26-18-16-22(2)17-19-26/h6,8-9,13-14,16-20,24,27-28H,3-5,7,10-12,15,21H2,1-2H3. The van der Waals surface area contributed by atoms with Gasteiger partial charge in [-0.15, -0.1) is 0 Å². The van der Waals surface area contributed by atoms with Crippen molar-refractivity contribution in [3.8, 4) is 5.75 Å². The van der Waals surface area contributed by atoms with Crippen molar-refractivity contribution in [2.45, 2.75) is 82.3 Å². The summed E-state index contributed by atoms with van der Waals surface area (Å²) in [6.07, 6.45) is 9.99. The van der Waals surface area contributed by atoms with Gasteiger partial charge in [0, 0.05) is 30.7 Å². The fraction of sp³-hybridized carbons (Fsp3) is 0.483. The van der Waals surface area contributed by atoms with Crippen LogP contribution in [0.2, 0.25) is 0 Å². The van der Waals surface area contributed by atoms with E-state index in [-0.39, 0.29) is 23.3 Å². The van der Waals surface area contributed by atoms with Gasteiger partial charge in [0.05, 0.1) is 4.90 Å². The molecule has 36 heavy (non-hydrogen) atoms. The molecule has 4 rings (SSSR count). The van der Waals surface area contributed by atoms with Gasteiger partial charge in [0.15, 0.2) is 0 Å². The quantitative estimate of drug-likeness (QED) is 0.292. The van der Waals surface area contributed by atoms with Crippen LogP contribution in [0.25, 0.3) is 0 Å². The molecular weight excluding hydrogens is 490 g/mol. The second-order valence-electron chi connectivity index (χ2n) is 9.88. The van der Waals surface area contributed by atoms with Crippen molar-refractivity contribution in [3.05, 3.63) is 71.8 Å². The lowest BCUT2D eigenvalue weighted by atomic mass is 9.85. The van der Waals surface area contributed by atoms with Crippen molar-refractivity contribution in [1.29, 1.82) is 0 Å². The number of fused-ring (bicyclic) bond motifs is 1. The number of thiocarbonyl (C=S) groups is 1. The average Bonchev–Trinajstić information content (AvgIpc) is 3.28. The summed E-state index contributed by atoms with van der Waals surface area (Å²) in [7, 11) is -3.60. The van der Waals surface area contributed by atoms with Crippen LogP contribution in [0.1, 0.15) is 63.9 Å². The van der Waals surface area contributed by atoms with Crippen molar-refractivity contribution < 1.29 is 17.9 Å². The molecule has 1 aliphatic heterocycles. The zero-order valence-electron chi connectivity index (χ0n) is 21.3. The molecule has 0 spiro atoms. The maximum atomic E-state index is 13.7. The Morgan fingerprint density at radius 2 is 1.72 bits per heavy atom. The third-order valence-corrected chi connectivity index (χ3v) is 9.26. The molecule has 5 nitrogen and oxygen atoms in total. The molecule has 0 radical (unpaired) electrons. The highest BCUT2D eigenvalue weighted by Gasteiger charge is 2.39. The predicted octanol–water partition coefficient (Wildman–Crippen LogP) is 6.81. The Morgan fingerprint density at radius 1 is 1.03 bits per heavy atom. The number of hydrogen-bond donors (Lipinski definition) is 0. The summed E-state index contributed by atoms with van der Waals surface area (Å²) in [4.78, 5) is 0.359. The van der Waals surface area contributed by atoms with Crippen molar-refractivity contribution in [1.82, 2.24) is 4.31 Å². The molecule has 194 valence electrons. The highest BCUT2D eigenvalue weighted by molar-refractivity contribution is 7.89. The van der Waals surface area contributed by atoms with Gasteiger partial charge in [-0.25, -0.2) is 8.42 Å². The molecule has 3 atom stereocenters. The molecule has 2 bridgehead atoms. The molecule has 0 saturated carbocycles. The molecule has 0 fully saturated rings. The summed E-state index contributed by atoms with van der Waals surface area (Å²) < 4.78 is 41.1. The zero-order chi connectivity index (χ0) is 25.5. The molecule has 1 heterocycles. The van der Waals surface area contributed by atoms with Crippen LogP contribution >= 0.6 is 12.2 Å². The minimum absolute atomic E-state index is 0.0982. The monoisotopic (exact) mass is 527 g/mol. The largest absolute Gasteiger partial charge is 0.453 e. The highest BCUT2D eigenvalue weighted by atomic mass is 32.2. The van der Waals surface area contributed by atoms with Gasteiger partial charge in [0.2, 0.25) is 10.0 Å². The SMILES string of the molecule is CCCC(OC(=S)Oc1ccccc1)C1CCCCCCC2C=C1CN2S(=O)(=O)c1ccc(C)cc1. The Balaban J connectivity index is 1.57. The first kappa shape index (κ1) is 26.8. The molecule has 2 aromatic rings. The molecule has 7 heteroatoms. The number of para-hydroxylation sites is 1. The lowest BCUT2D eigenvalue weighted by Gasteiger charge is -2.29. The van der Waals surface area contributed by atoms with E-state index in [2.05, 4.69) is 13.0 Å². The van der Waals surface area contributed by atoms with Gasteiger partial charge in [-0.3, -0.25) is 0 Å². The van der Waals surface area contributed by atoms with Gasteiger partial charge in [-0.05, 0) is 50.5 Å². The van der Waals surface area contributed by atoms with E-state index in [1.807, 2.05) is 49.4 Å². The van der Waals surface area contributed by atoms with Crippen molar-refractivity contribution >= 4 is 27.5 Å². The third kappa shape index (κ3) is 6.55. The first-order valence-electron chi connectivity index (χ1n) is 13.1. The predicted molar refractivity (Wildman–Crippen MR) is 148 cm³/mol. The van der Waals surface area contributed by atoms with E-state index >= 15 is 0 Å². The number of sulfonamides is 1. The molecule has 3 unspecified atom stereocenters. The van der Waals surface area contributed by atoms with Crippen LogP contribution in [0, 0.1) is 12.8 Å². The first-order valence-corrected chi connectivity index (χ1v) is 15.0. The van der Waals surface area contributed by atoms with Crippen LogP contribution in [0.4, 0.5) is 0 Å². The molecule has 2 aliphatic rings. The minimum Gasteiger partial charge on any atom is -0.453 e. The van der Waals surface area contributed by atoms with Gasteiger partial charge >= 0.3 is 5.24 Å². The van der Waals surface area contributed by atoms with Gasteiger partial charge < -0.3 is 9.47 Å². The summed E-state index contributed by atoms with van der Waals surface area (Å²) >= 11 is 5.48. The minimum atomic E-state index is -3.60. The van der Waals surface area contributed by atoms with Crippen molar-refractivity contribution in [3.63, 3.8) is 0 Å². The molecule has 0 amide bonds. The van der Waals surface area contributed by atoms with Crippen LogP contribution in [0.15, 0.2) is 71.1 Å². The smallest absolute Gasteiger partial charge is 0.358 e. The summed E-state index contributed by atoms with van der Waals surface area (Å²) in [5.41, 5.74) is 2.20. The number of aryl methyl sites for hydroxylation is 1. The molecule has 1 aliphatic carbocycles. The molecule has 2 aromatic carbocycles. The Kier molecular flexibility index (Phi) is 9.20. The maximum absolute atomic E-state index is 13.7. The van der Waals surface area contributed by atoms with E-state index in [1.165, 1.54) is 0 Å². The van der Waals surface area contributed by atoms with E-state index in [0.717, 1.165) is 62.5 Å². The number of hydrogen-bond acceptors (Lipinski definition) is 5. The van der Waals surface area contributed by atoms with Gasteiger partial charge in [0.25, 0.3) is 0 Å². The molecule has 0 saturated heterocycles. The normalized spacial score (nSPS) is 21.9. The summed E-state index contributed by atoms with van der Waals surface area (Å²) in [5.74, 6) is 0.750. The summed E-state index contributed by atoms with van der Waals surface area (Å²) in [5, 5.41) is 0.121. The molecule has 0 N–H and O–H groups in total. The first-order chi connectivity index (χ1) is 17.4. The highest BCUT2D eigenvalue weighted by Crippen LogP contribution is 2.37. The van der Waals surface area contributed by atoms with Gasteiger partial charge in [-0.2, -0.15) is 4.31 Å². The lowest BCUT2D eigenvalue weighted by molar-refractivity contribution is 0.0984. The number of benzene rings is 2. The second-order valence-corrected chi connectivity index (χ2v) is 12.1. The van der Waals surface area contributed by atoms with Crippen LogP contribution in [0.3, 0.4) is 0 Å².